The molecule has 1 aromatic heterocycles. The van der Waals surface area contributed by atoms with Crippen LogP contribution in [0.25, 0.3) is 0 Å². The predicted octanol–water partition coefficient (Wildman–Crippen LogP) is 0.699. The van der Waals surface area contributed by atoms with Gasteiger partial charge in [0.15, 0.2) is 0 Å². The van der Waals surface area contributed by atoms with Gasteiger partial charge in [-0.1, -0.05) is 20.3 Å². The van der Waals surface area contributed by atoms with Crippen LogP contribution in [-0.4, -0.2) is 30.8 Å². The number of rotatable bonds is 5. The van der Waals surface area contributed by atoms with Crippen molar-refractivity contribution in [3.63, 3.8) is 0 Å². The second-order valence-electron chi connectivity index (χ2n) is 5.78. The van der Waals surface area contributed by atoms with E-state index in [1.807, 2.05) is 0 Å². The van der Waals surface area contributed by atoms with Gasteiger partial charge in [0.25, 0.3) is 0 Å². The van der Waals surface area contributed by atoms with Crippen LogP contribution in [0, 0.1) is 5.41 Å². The standard InChI is InChI=1S/C12H22N4O2S/c1-12(2)5-3-4-11(12)15-19(17,18)10-8-14-16(9-10)7-6-13/h8-9,11,15H,3-7,13H2,1-2H3. The first-order valence-electron chi connectivity index (χ1n) is 6.60. The Balaban J connectivity index is 2.13. The lowest BCUT2D eigenvalue weighted by Gasteiger charge is -2.27. The minimum absolute atomic E-state index is 0.00430. The Morgan fingerprint density at radius 2 is 2.32 bits per heavy atom. The Labute approximate surface area is 114 Å². The third-order valence-corrected chi connectivity index (χ3v) is 5.26. The molecule has 1 fully saturated rings. The number of nitrogens with one attached hydrogen (secondary N) is 1. The van der Waals surface area contributed by atoms with Gasteiger partial charge in [-0.15, -0.1) is 0 Å². The summed E-state index contributed by atoms with van der Waals surface area (Å²) in [5.74, 6) is 0. The third kappa shape index (κ3) is 3.16. The first kappa shape index (κ1) is 14.5. The maximum absolute atomic E-state index is 12.3. The van der Waals surface area contributed by atoms with Crippen molar-refractivity contribution in [1.82, 2.24) is 14.5 Å². The van der Waals surface area contributed by atoms with Crippen molar-refractivity contribution in [3.8, 4) is 0 Å². The van der Waals surface area contributed by atoms with Crippen molar-refractivity contribution < 1.29 is 8.42 Å². The largest absolute Gasteiger partial charge is 0.329 e. The van der Waals surface area contributed by atoms with E-state index < -0.39 is 10.0 Å². The summed E-state index contributed by atoms with van der Waals surface area (Å²) in [7, 11) is -3.49. The van der Waals surface area contributed by atoms with E-state index in [0.29, 0.717) is 13.1 Å². The Bertz CT molecular complexity index is 536. The molecule has 1 aliphatic rings. The normalized spacial score (nSPS) is 22.8. The van der Waals surface area contributed by atoms with E-state index in [2.05, 4.69) is 23.7 Å². The molecule has 0 aromatic carbocycles. The van der Waals surface area contributed by atoms with Crippen molar-refractivity contribution in [2.24, 2.45) is 11.1 Å². The van der Waals surface area contributed by atoms with Gasteiger partial charge in [0, 0.05) is 18.8 Å². The van der Waals surface area contributed by atoms with Gasteiger partial charge < -0.3 is 5.73 Å². The Morgan fingerprint density at radius 1 is 1.58 bits per heavy atom. The highest BCUT2D eigenvalue weighted by Gasteiger charge is 2.37. The molecule has 1 aromatic rings. The van der Waals surface area contributed by atoms with Gasteiger partial charge in [-0.05, 0) is 18.3 Å². The molecular formula is C12H22N4O2S. The van der Waals surface area contributed by atoms with Crippen molar-refractivity contribution >= 4 is 10.0 Å². The van der Waals surface area contributed by atoms with Crippen LogP contribution in [0.15, 0.2) is 17.3 Å². The van der Waals surface area contributed by atoms with Gasteiger partial charge in [0.1, 0.15) is 4.90 Å². The average molecular weight is 286 g/mol. The van der Waals surface area contributed by atoms with Crippen LogP contribution >= 0.6 is 0 Å². The average Bonchev–Trinajstić information content (AvgIpc) is 2.88. The molecule has 1 atom stereocenters. The van der Waals surface area contributed by atoms with Gasteiger partial charge in [0.2, 0.25) is 10.0 Å². The van der Waals surface area contributed by atoms with Gasteiger partial charge in [0.05, 0.1) is 12.7 Å². The lowest BCUT2D eigenvalue weighted by Crippen LogP contribution is -2.41. The van der Waals surface area contributed by atoms with Gasteiger partial charge in [-0.3, -0.25) is 4.68 Å². The molecule has 6 nitrogen and oxygen atoms in total. The van der Waals surface area contributed by atoms with E-state index in [0.717, 1.165) is 19.3 Å². The second-order valence-corrected chi connectivity index (χ2v) is 7.50. The zero-order chi connectivity index (χ0) is 14.1. The highest BCUT2D eigenvalue weighted by atomic mass is 32.2. The Hall–Kier alpha value is -0.920. The minimum atomic E-state index is -3.49. The van der Waals surface area contributed by atoms with Crippen LogP contribution in [0.5, 0.6) is 0 Å². The molecular weight excluding hydrogens is 264 g/mol. The Morgan fingerprint density at radius 3 is 2.89 bits per heavy atom. The second kappa shape index (κ2) is 5.22. The fraction of sp³-hybridized carbons (Fsp3) is 0.750. The first-order chi connectivity index (χ1) is 8.85. The molecule has 7 heteroatoms. The molecule has 108 valence electrons. The molecule has 1 saturated carbocycles. The van der Waals surface area contributed by atoms with Crippen LogP contribution in [0.3, 0.4) is 0 Å². The molecule has 0 amide bonds. The highest BCUT2D eigenvalue weighted by molar-refractivity contribution is 7.89. The van der Waals surface area contributed by atoms with E-state index in [4.69, 9.17) is 5.73 Å². The fourth-order valence-electron chi connectivity index (χ4n) is 2.54. The summed E-state index contributed by atoms with van der Waals surface area (Å²) in [5, 5.41) is 4.00. The Kier molecular flexibility index (Phi) is 3.98. The van der Waals surface area contributed by atoms with E-state index in [9.17, 15) is 8.42 Å². The van der Waals surface area contributed by atoms with Crippen LogP contribution in [-0.2, 0) is 16.6 Å². The van der Waals surface area contributed by atoms with Gasteiger partial charge >= 0.3 is 0 Å². The molecule has 0 aliphatic heterocycles. The lowest BCUT2D eigenvalue weighted by atomic mass is 9.88. The maximum Gasteiger partial charge on any atom is 0.243 e. The molecule has 1 unspecified atom stereocenters. The monoisotopic (exact) mass is 286 g/mol. The summed E-state index contributed by atoms with van der Waals surface area (Å²) in [6.45, 7) is 5.16. The van der Waals surface area contributed by atoms with E-state index >= 15 is 0 Å². The van der Waals surface area contributed by atoms with Crippen LogP contribution in [0.1, 0.15) is 33.1 Å². The summed E-state index contributed by atoms with van der Waals surface area (Å²) < 4.78 is 29.0. The topological polar surface area (TPSA) is 90.0 Å². The van der Waals surface area contributed by atoms with E-state index in [1.165, 1.54) is 12.4 Å². The van der Waals surface area contributed by atoms with Crippen molar-refractivity contribution in [3.05, 3.63) is 12.4 Å². The molecule has 0 saturated heterocycles. The van der Waals surface area contributed by atoms with Crippen molar-refractivity contribution in [2.75, 3.05) is 6.54 Å². The van der Waals surface area contributed by atoms with Gasteiger partial charge in [-0.2, -0.15) is 5.10 Å². The number of nitrogens with zero attached hydrogens (tertiary/aromatic N) is 2. The summed E-state index contributed by atoms with van der Waals surface area (Å²) in [5.41, 5.74) is 5.43. The molecule has 0 spiro atoms. The SMILES string of the molecule is CC1(C)CCCC1NS(=O)(=O)c1cnn(CCN)c1. The lowest BCUT2D eigenvalue weighted by molar-refractivity contribution is 0.313. The minimum Gasteiger partial charge on any atom is -0.329 e. The molecule has 0 bridgehead atoms. The molecule has 1 heterocycles. The summed E-state index contributed by atoms with van der Waals surface area (Å²) >= 11 is 0. The van der Waals surface area contributed by atoms with Crippen molar-refractivity contribution in [1.29, 1.82) is 0 Å². The van der Waals surface area contributed by atoms with E-state index in [-0.39, 0.29) is 16.4 Å². The third-order valence-electron chi connectivity index (χ3n) is 3.83. The number of hydrogen-bond donors (Lipinski definition) is 2. The number of aromatic nitrogens is 2. The fourth-order valence-corrected chi connectivity index (χ4v) is 3.93. The molecule has 0 radical (unpaired) electrons. The number of sulfonamides is 1. The number of hydrogen-bond acceptors (Lipinski definition) is 4. The summed E-state index contributed by atoms with van der Waals surface area (Å²) in [6, 6.07) is -0.00430. The molecule has 3 N–H and O–H groups in total. The zero-order valence-corrected chi connectivity index (χ0v) is 12.3. The first-order valence-corrected chi connectivity index (χ1v) is 8.08. The molecule has 1 aliphatic carbocycles. The molecule has 2 rings (SSSR count). The van der Waals surface area contributed by atoms with Crippen LogP contribution in [0.2, 0.25) is 0 Å². The van der Waals surface area contributed by atoms with E-state index in [1.54, 1.807) is 4.68 Å². The summed E-state index contributed by atoms with van der Waals surface area (Å²) in [4.78, 5) is 0.212. The number of nitrogens with two attached hydrogens (primary N) is 1. The van der Waals surface area contributed by atoms with Crippen LogP contribution in [0.4, 0.5) is 0 Å². The predicted molar refractivity (Wildman–Crippen MR) is 73.0 cm³/mol. The smallest absolute Gasteiger partial charge is 0.243 e. The molecule has 19 heavy (non-hydrogen) atoms. The van der Waals surface area contributed by atoms with Gasteiger partial charge in [-0.25, -0.2) is 13.1 Å². The van der Waals surface area contributed by atoms with Crippen LogP contribution < -0.4 is 10.5 Å². The van der Waals surface area contributed by atoms with Crippen molar-refractivity contribution in [2.45, 2.75) is 50.6 Å². The maximum atomic E-state index is 12.3. The zero-order valence-electron chi connectivity index (χ0n) is 11.5. The highest BCUT2D eigenvalue weighted by Crippen LogP contribution is 2.37. The quantitative estimate of drug-likeness (QED) is 0.833. The summed E-state index contributed by atoms with van der Waals surface area (Å²) in [6.07, 6.45) is 5.90.